The minimum absolute atomic E-state index is 0.00277. The second-order valence-corrected chi connectivity index (χ2v) is 8.81. The Morgan fingerprint density at radius 3 is 2.21 bits per heavy atom. The number of urea groups is 1. The summed E-state index contributed by atoms with van der Waals surface area (Å²) >= 11 is 0. The summed E-state index contributed by atoms with van der Waals surface area (Å²) < 4.78 is 5.30. The van der Waals surface area contributed by atoms with E-state index in [2.05, 4.69) is 20.5 Å². The van der Waals surface area contributed by atoms with Gasteiger partial charge >= 0.3 is 12.1 Å². The van der Waals surface area contributed by atoms with Crippen LogP contribution in [0.2, 0.25) is 0 Å². The molecular formula is C21H33N5O3. The largest absolute Gasteiger partial charge is 0.444 e. The molecule has 8 heteroatoms. The lowest BCUT2D eigenvalue weighted by Gasteiger charge is -2.36. The van der Waals surface area contributed by atoms with Crippen LogP contribution in [0.3, 0.4) is 0 Å². The summed E-state index contributed by atoms with van der Waals surface area (Å²) in [6.45, 7) is 8.60. The molecule has 0 atom stereocenters. The third kappa shape index (κ3) is 6.51. The van der Waals surface area contributed by atoms with E-state index in [1.165, 1.54) is 0 Å². The number of likely N-dealkylation sites (tertiary alicyclic amines) is 1. The first-order chi connectivity index (χ1) is 13.8. The van der Waals surface area contributed by atoms with Gasteiger partial charge in [0.15, 0.2) is 0 Å². The Labute approximate surface area is 173 Å². The summed E-state index contributed by atoms with van der Waals surface area (Å²) in [5.74, 6) is 0.997. The van der Waals surface area contributed by atoms with Crippen molar-refractivity contribution in [2.45, 2.75) is 64.1 Å². The van der Waals surface area contributed by atoms with Crippen LogP contribution in [0.25, 0.3) is 0 Å². The summed E-state index contributed by atoms with van der Waals surface area (Å²) in [5, 5.41) is 6.08. The second-order valence-electron chi connectivity index (χ2n) is 8.81. The number of anilines is 1. The van der Waals surface area contributed by atoms with Crippen molar-refractivity contribution in [1.29, 1.82) is 0 Å². The molecular weight excluding hydrogens is 370 g/mol. The van der Waals surface area contributed by atoms with Crippen molar-refractivity contribution in [3.05, 3.63) is 24.4 Å². The van der Waals surface area contributed by atoms with Gasteiger partial charge in [-0.3, -0.25) is 0 Å². The fourth-order valence-electron chi connectivity index (χ4n) is 3.76. The Bertz CT molecular complexity index is 675. The predicted molar refractivity (Wildman–Crippen MR) is 112 cm³/mol. The Kier molecular flexibility index (Phi) is 6.82. The van der Waals surface area contributed by atoms with Gasteiger partial charge in [-0.15, -0.1) is 0 Å². The number of amides is 3. The van der Waals surface area contributed by atoms with Crippen LogP contribution < -0.4 is 15.5 Å². The number of hydrogen-bond acceptors (Lipinski definition) is 5. The average molecular weight is 404 g/mol. The van der Waals surface area contributed by atoms with Gasteiger partial charge in [-0.05, 0) is 58.6 Å². The zero-order chi connectivity index (χ0) is 20.9. The van der Waals surface area contributed by atoms with E-state index in [1.54, 1.807) is 0 Å². The van der Waals surface area contributed by atoms with Gasteiger partial charge in [0.25, 0.3) is 0 Å². The van der Waals surface area contributed by atoms with Gasteiger partial charge in [-0.25, -0.2) is 14.6 Å². The van der Waals surface area contributed by atoms with Crippen molar-refractivity contribution in [2.75, 3.05) is 31.1 Å². The maximum Gasteiger partial charge on any atom is 0.407 e. The van der Waals surface area contributed by atoms with Crippen LogP contribution in [0, 0.1) is 0 Å². The molecule has 0 unspecified atom stereocenters. The Morgan fingerprint density at radius 2 is 1.62 bits per heavy atom. The molecule has 0 bridgehead atoms. The molecule has 3 amide bonds. The van der Waals surface area contributed by atoms with E-state index < -0.39 is 5.60 Å². The summed E-state index contributed by atoms with van der Waals surface area (Å²) in [6.07, 6.45) is 4.73. The summed E-state index contributed by atoms with van der Waals surface area (Å²) in [6, 6.07) is 6.18. The van der Waals surface area contributed by atoms with Crippen molar-refractivity contribution in [2.24, 2.45) is 0 Å². The number of carbonyl (C=O) groups excluding carboxylic acids is 2. The van der Waals surface area contributed by atoms with Crippen molar-refractivity contribution in [3.8, 4) is 0 Å². The Hall–Kier alpha value is -2.51. The summed E-state index contributed by atoms with van der Waals surface area (Å²) in [7, 11) is 0. The fourth-order valence-corrected chi connectivity index (χ4v) is 3.76. The third-order valence-corrected chi connectivity index (χ3v) is 5.30. The summed E-state index contributed by atoms with van der Waals surface area (Å²) in [4.78, 5) is 33.0. The second kappa shape index (κ2) is 9.33. The molecule has 29 heavy (non-hydrogen) atoms. The van der Waals surface area contributed by atoms with E-state index in [1.807, 2.05) is 50.1 Å². The van der Waals surface area contributed by atoms with Crippen LogP contribution >= 0.6 is 0 Å². The number of nitrogens with zero attached hydrogens (tertiary/aromatic N) is 3. The lowest BCUT2D eigenvalue weighted by atomic mass is 10.0. The summed E-state index contributed by atoms with van der Waals surface area (Å²) in [5.41, 5.74) is -0.503. The van der Waals surface area contributed by atoms with Crippen LogP contribution in [0.1, 0.15) is 46.5 Å². The van der Waals surface area contributed by atoms with Crippen molar-refractivity contribution < 1.29 is 14.3 Å². The van der Waals surface area contributed by atoms with E-state index in [9.17, 15) is 9.59 Å². The zero-order valence-corrected chi connectivity index (χ0v) is 17.7. The fraction of sp³-hybridized carbons (Fsp3) is 0.667. The Balaban J connectivity index is 1.37. The zero-order valence-electron chi connectivity index (χ0n) is 17.7. The molecule has 0 spiro atoms. The molecule has 2 fully saturated rings. The van der Waals surface area contributed by atoms with E-state index >= 15 is 0 Å². The first-order valence-corrected chi connectivity index (χ1v) is 10.5. The minimum Gasteiger partial charge on any atom is -0.444 e. The molecule has 160 valence electrons. The van der Waals surface area contributed by atoms with Gasteiger partial charge in [0.1, 0.15) is 11.4 Å². The molecule has 2 saturated heterocycles. The number of nitrogens with one attached hydrogen (secondary N) is 2. The van der Waals surface area contributed by atoms with Crippen LogP contribution in [0.5, 0.6) is 0 Å². The van der Waals surface area contributed by atoms with Gasteiger partial charge in [-0.1, -0.05) is 6.07 Å². The highest BCUT2D eigenvalue weighted by atomic mass is 16.6. The number of hydrogen-bond donors (Lipinski definition) is 2. The molecule has 2 N–H and O–H groups in total. The number of pyridine rings is 1. The molecule has 2 aliphatic rings. The standard InChI is InChI=1S/C21H33N5O3/c1-21(2,3)29-20(28)24-17-9-14-26(15-10-17)19(27)23-16-7-12-25(13-8-16)18-6-4-5-11-22-18/h4-6,11,16-17H,7-10,12-15H2,1-3H3,(H,23,27)(H,24,28). The molecule has 0 aliphatic carbocycles. The van der Waals surface area contributed by atoms with E-state index in [0.29, 0.717) is 13.1 Å². The molecule has 0 saturated carbocycles. The lowest BCUT2D eigenvalue weighted by molar-refractivity contribution is 0.0485. The monoisotopic (exact) mass is 403 g/mol. The van der Waals surface area contributed by atoms with E-state index in [-0.39, 0.29) is 24.2 Å². The van der Waals surface area contributed by atoms with Crippen LogP contribution in [0.15, 0.2) is 24.4 Å². The van der Waals surface area contributed by atoms with Gasteiger partial charge in [0, 0.05) is 44.5 Å². The molecule has 8 nitrogen and oxygen atoms in total. The Morgan fingerprint density at radius 1 is 1.00 bits per heavy atom. The van der Waals surface area contributed by atoms with Crippen molar-refractivity contribution in [1.82, 2.24) is 20.5 Å². The van der Waals surface area contributed by atoms with Gasteiger partial charge in [-0.2, -0.15) is 0 Å². The van der Waals surface area contributed by atoms with Gasteiger partial charge < -0.3 is 25.2 Å². The molecule has 0 aromatic carbocycles. The number of carbonyl (C=O) groups is 2. The lowest BCUT2D eigenvalue weighted by Crippen LogP contribution is -2.53. The topological polar surface area (TPSA) is 86.8 Å². The maximum atomic E-state index is 12.6. The first kappa shape index (κ1) is 21.2. The van der Waals surface area contributed by atoms with Crippen LogP contribution in [-0.2, 0) is 4.74 Å². The average Bonchev–Trinajstić information content (AvgIpc) is 2.68. The van der Waals surface area contributed by atoms with E-state index in [4.69, 9.17) is 4.74 Å². The molecule has 3 rings (SSSR count). The number of piperidine rings is 2. The highest BCUT2D eigenvalue weighted by Crippen LogP contribution is 2.18. The molecule has 3 heterocycles. The molecule has 0 radical (unpaired) electrons. The first-order valence-electron chi connectivity index (χ1n) is 10.5. The van der Waals surface area contributed by atoms with Gasteiger partial charge in [0.2, 0.25) is 0 Å². The minimum atomic E-state index is -0.503. The van der Waals surface area contributed by atoms with E-state index in [0.717, 1.165) is 44.6 Å². The molecule has 1 aromatic heterocycles. The smallest absolute Gasteiger partial charge is 0.407 e. The van der Waals surface area contributed by atoms with Crippen molar-refractivity contribution in [3.63, 3.8) is 0 Å². The van der Waals surface area contributed by atoms with Gasteiger partial charge in [0.05, 0.1) is 0 Å². The number of rotatable bonds is 3. The SMILES string of the molecule is CC(C)(C)OC(=O)NC1CCN(C(=O)NC2CCN(c3ccccn3)CC2)CC1. The number of ether oxygens (including phenoxy) is 1. The molecule has 2 aliphatic heterocycles. The maximum absolute atomic E-state index is 12.6. The normalized spacial score (nSPS) is 19.0. The third-order valence-electron chi connectivity index (χ3n) is 5.30. The number of aromatic nitrogens is 1. The van der Waals surface area contributed by atoms with Crippen LogP contribution in [-0.4, -0.2) is 65.9 Å². The number of alkyl carbamates (subject to hydrolysis) is 1. The highest BCUT2D eigenvalue weighted by molar-refractivity contribution is 5.74. The predicted octanol–water partition coefficient (Wildman–Crippen LogP) is 2.75. The quantitative estimate of drug-likeness (QED) is 0.810. The van der Waals surface area contributed by atoms with Crippen molar-refractivity contribution >= 4 is 17.9 Å². The van der Waals surface area contributed by atoms with Crippen LogP contribution in [0.4, 0.5) is 15.4 Å². The molecule has 1 aromatic rings. The highest BCUT2D eigenvalue weighted by Gasteiger charge is 2.28.